The summed E-state index contributed by atoms with van der Waals surface area (Å²) in [5, 5.41) is 0.950. The van der Waals surface area contributed by atoms with Crippen LogP contribution in [0.1, 0.15) is 29.5 Å². The van der Waals surface area contributed by atoms with Gasteiger partial charge >= 0.3 is 5.97 Å². The van der Waals surface area contributed by atoms with Gasteiger partial charge in [0.15, 0.2) is 0 Å². The molecule has 0 saturated carbocycles. The molecule has 0 aliphatic carbocycles. The van der Waals surface area contributed by atoms with Gasteiger partial charge in [-0.05, 0) is 30.7 Å². The van der Waals surface area contributed by atoms with E-state index in [1.54, 1.807) is 18.2 Å². The molecule has 3 nitrogen and oxygen atoms in total. The zero-order chi connectivity index (χ0) is 11.5. The predicted octanol–water partition coefficient (Wildman–Crippen LogP) is 3.17. The highest BCUT2D eigenvalue weighted by molar-refractivity contribution is 5.94. The fourth-order valence-electron chi connectivity index (χ4n) is 1.71. The minimum absolute atomic E-state index is 0.319. The van der Waals surface area contributed by atoms with Crippen LogP contribution in [-0.4, -0.2) is 13.1 Å². The Morgan fingerprint density at radius 1 is 1.38 bits per heavy atom. The van der Waals surface area contributed by atoms with Crippen molar-refractivity contribution in [1.82, 2.24) is 0 Å². The summed E-state index contributed by atoms with van der Waals surface area (Å²) in [6, 6.07) is 7.29. The van der Waals surface area contributed by atoms with Gasteiger partial charge in [0.1, 0.15) is 11.3 Å². The van der Waals surface area contributed by atoms with Crippen molar-refractivity contribution in [1.29, 1.82) is 0 Å². The van der Waals surface area contributed by atoms with Crippen LogP contribution in [0, 0.1) is 0 Å². The zero-order valence-corrected chi connectivity index (χ0v) is 9.45. The molecule has 1 heterocycles. The molecule has 2 rings (SSSR count). The van der Waals surface area contributed by atoms with E-state index in [0.29, 0.717) is 5.56 Å². The fourth-order valence-corrected chi connectivity index (χ4v) is 1.71. The van der Waals surface area contributed by atoms with Crippen LogP contribution in [0.3, 0.4) is 0 Å². The van der Waals surface area contributed by atoms with Crippen molar-refractivity contribution in [2.24, 2.45) is 0 Å². The minimum Gasteiger partial charge on any atom is -0.465 e. The highest BCUT2D eigenvalue weighted by Crippen LogP contribution is 2.22. The molecule has 16 heavy (non-hydrogen) atoms. The van der Waals surface area contributed by atoms with E-state index in [-0.39, 0.29) is 5.97 Å². The summed E-state index contributed by atoms with van der Waals surface area (Å²) in [5.41, 5.74) is 1.37. The largest absolute Gasteiger partial charge is 0.465 e. The first kappa shape index (κ1) is 10.7. The third kappa shape index (κ3) is 1.94. The molecule has 0 amide bonds. The predicted molar refractivity (Wildman–Crippen MR) is 61.5 cm³/mol. The smallest absolute Gasteiger partial charge is 0.337 e. The lowest BCUT2D eigenvalue weighted by Crippen LogP contribution is -1.99. The van der Waals surface area contributed by atoms with Crippen molar-refractivity contribution in [3.05, 3.63) is 35.6 Å². The molecule has 84 valence electrons. The van der Waals surface area contributed by atoms with Crippen molar-refractivity contribution in [2.45, 2.75) is 19.8 Å². The molecule has 0 aliphatic rings. The second-order valence-electron chi connectivity index (χ2n) is 3.71. The molecule has 0 fully saturated rings. The Bertz CT molecular complexity index is 511. The fraction of sp³-hybridized carbons (Fsp3) is 0.308. The molecule has 1 aromatic carbocycles. The molecule has 0 unspecified atom stereocenters. The van der Waals surface area contributed by atoms with E-state index in [4.69, 9.17) is 4.42 Å². The Hall–Kier alpha value is -1.77. The van der Waals surface area contributed by atoms with Crippen molar-refractivity contribution < 1.29 is 13.9 Å². The van der Waals surface area contributed by atoms with Crippen LogP contribution >= 0.6 is 0 Å². The quantitative estimate of drug-likeness (QED) is 0.743. The van der Waals surface area contributed by atoms with E-state index < -0.39 is 0 Å². The molecule has 0 bridgehead atoms. The Morgan fingerprint density at radius 2 is 2.19 bits per heavy atom. The van der Waals surface area contributed by atoms with Crippen LogP contribution in [0.5, 0.6) is 0 Å². The van der Waals surface area contributed by atoms with Crippen LogP contribution < -0.4 is 0 Å². The first-order valence-electron chi connectivity index (χ1n) is 5.35. The summed E-state index contributed by atoms with van der Waals surface area (Å²) in [6.07, 6.45) is 1.96. The topological polar surface area (TPSA) is 39.4 Å². The average Bonchev–Trinajstić information content (AvgIpc) is 2.69. The van der Waals surface area contributed by atoms with E-state index in [1.165, 1.54) is 7.11 Å². The number of aryl methyl sites for hydroxylation is 1. The van der Waals surface area contributed by atoms with Crippen molar-refractivity contribution >= 4 is 16.9 Å². The summed E-state index contributed by atoms with van der Waals surface area (Å²) in [4.78, 5) is 11.3. The lowest BCUT2D eigenvalue weighted by molar-refractivity contribution is 0.0601. The summed E-state index contributed by atoms with van der Waals surface area (Å²) < 4.78 is 10.3. The van der Waals surface area contributed by atoms with Crippen LogP contribution in [0.15, 0.2) is 28.7 Å². The van der Waals surface area contributed by atoms with Crippen molar-refractivity contribution in [2.75, 3.05) is 7.11 Å². The maximum Gasteiger partial charge on any atom is 0.337 e. The number of furan rings is 1. The summed E-state index contributed by atoms with van der Waals surface area (Å²) in [6.45, 7) is 2.10. The molecule has 0 N–H and O–H groups in total. The van der Waals surface area contributed by atoms with Crippen molar-refractivity contribution in [3.63, 3.8) is 0 Å². The van der Waals surface area contributed by atoms with Gasteiger partial charge in [-0.2, -0.15) is 0 Å². The highest BCUT2D eigenvalue weighted by atomic mass is 16.5. The molecule has 1 aromatic heterocycles. The Kier molecular flexibility index (Phi) is 2.95. The summed E-state index contributed by atoms with van der Waals surface area (Å²) in [7, 11) is 1.38. The molecular weight excluding hydrogens is 204 g/mol. The lowest BCUT2D eigenvalue weighted by Gasteiger charge is -1.97. The molecule has 0 radical (unpaired) electrons. The van der Waals surface area contributed by atoms with Gasteiger partial charge < -0.3 is 9.15 Å². The molecule has 3 heteroatoms. The van der Waals surface area contributed by atoms with Gasteiger partial charge in [-0.25, -0.2) is 4.79 Å². The molecule has 0 saturated heterocycles. The third-order valence-corrected chi connectivity index (χ3v) is 2.48. The summed E-state index contributed by atoms with van der Waals surface area (Å²) in [5.74, 6) is 0.639. The number of fused-ring (bicyclic) bond motifs is 1. The maximum absolute atomic E-state index is 11.3. The SMILES string of the molecule is CCCc1cc2cc(C(=O)OC)ccc2o1. The first-order chi connectivity index (χ1) is 7.74. The highest BCUT2D eigenvalue weighted by Gasteiger charge is 2.08. The van der Waals surface area contributed by atoms with Gasteiger partial charge in [-0.1, -0.05) is 6.92 Å². The number of carbonyl (C=O) groups excluding carboxylic acids is 1. The number of hydrogen-bond donors (Lipinski definition) is 0. The zero-order valence-electron chi connectivity index (χ0n) is 9.45. The van der Waals surface area contributed by atoms with Gasteiger partial charge in [0.2, 0.25) is 0 Å². The van der Waals surface area contributed by atoms with E-state index >= 15 is 0 Å². The van der Waals surface area contributed by atoms with Gasteiger partial charge in [-0.15, -0.1) is 0 Å². The number of ether oxygens (including phenoxy) is 1. The van der Waals surface area contributed by atoms with Crippen LogP contribution in [0.2, 0.25) is 0 Å². The number of rotatable bonds is 3. The van der Waals surface area contributed by atoms with Gasteiger partial charge in [0, 0.05) is 11.8 Å². The van der Waals surface area contributed by atoms with Crippen molar-refractivity contribution in [3.8, 4) is 0 Å². The van der Waals surface area contributed by atoms with E-state index in [0.717, 1.165) is 29.6 Å². The van der Waals surface area contributed by atoms with E-state index in [9.17, 15) is 4.79 Å². The Labute approximate surface area is 94.0 Å². The molecule has 2 aromatic rings. The number of benzene rings is 1. The molecular formula is C13H14O3. The Balaban J connectivity index is 2.41. The monoisotopic (exact) mass is 218 g/mol. The minimum atomic E-state index is -0.319. The molecule has 0 aliphatic heterocycles. The number of hydrogen-bond acceptors (Lipinski definition) is 3. The van der Waals surface area contributed by atoms with Gasteiger partial charge in [0.05, 0.1) is 12.7 Å². The van der Waals surface area contributed by atoms with E-state index in [1.807, 2.05) is 6.07 Å². The Morgan fingerprint density at radius 3 is 2.88 bits per heavy atom. The number of methoxy groups -OCH3 is 1. The molecule has 0 atom stereocenters. The summed E-state index contributed by atoms with van der Waals surface area (Å²) >= 11 is 0. The van der Waals surface area contributed by atoms with Crippen LogP contribution in [-0.2, 0) is 11.2 Å². The van der Waals surface area contributed by atoms with E-state index in [2.05, 4.69) is 11.7 Å². The first-order valence-corrected chi connectivity index (χ1v) is 5.35. The van der Waals surface area contributed by atoms with Gasteiger partial charge in [0.25, 0.3) is 0 Å². The number of carbonyl (C=O) groups is 1. The number of esters is 1. The second kappa shape index (κ2) is 4.39. The molecule has 0 spiro atoms. The third-order valence-electron chi connectivity index (χ3n) is 2.48. The normalized spacial score (nSPS) is 10.6. The standard InChI is InChI=1S/C13H14O3/c1-3-4-11-8-10-7-9(13(14)15-2)5-6-12(10)16-11/h5-8H,3-4H2,1-2H3. The van der Waals surface area contributed by atoms with Crippen LogP contribution in [0.25, 0.3) is 11.0 Å². The average molecular weight is 218 g/mol. The van der Waals surface area contributed by atoms with Gasteiger partial charge in [-0.3, -0.25) is 0 Å². The van der Waals surface area contributed by atoms with Crippen LogP contribution in [0.4, 0.5) is 0 Å². The lowest BCUT2D eigenvalue weighted by atomic mass is 10.1. The second-order valence-corrected chi connectivity index (χ2v) is 3.71. The maximum atomic E-state index is 11.3.